The van der Waals surface area contributed by atoms with E-state index < -0.39 is 0 Å². The third-order valence-electron chi connectivity index (χ3n) is 2.33. The van der Waals surface area contributed by atoms with Gasteiger partial charge in [-0.15, -0.1) is 0 Å². The highest BCUT2D eigenvalue weighted by atomic mass is 32.2. The molecule has 0 saturated carbocycles. The third kappa shape index (κ3) is 2.76. The molecule has 0 atom stereocenters. The SMILES string of the molecule is CCc1ccc(Sc2ccc(N)nc2)cc1. The van der Waals surface area contributed by atoms with Gasteiger partial charge in [-0.2, -0.15) is 0 Å². The number of aromatic nitrogens is 1. The van der Waals surface area contributed by atoms with Crippen LogP contribution in [-0.2, 0) is 6.42 Å². The molecular formula is C13H14N2S. The number of aryl methyl sites for hydroxylation is 1. The molecule has 0 radical (unpaired) electrons. The van der Waals surface area contributed by atoms with Crippen LogP contribution in [0, 0.1) is 0 Å². The number of nitrogen functional groups attached to an aromatic ring is 1. The van der Waals surface area contributed by atoms with Crippen molar-refractivity contribution < 1.29 is 0 Å². The Kier molecular flexibility index (Phi) is 3.47. The summed E-state index contributed by atoms with van der Waals surface area (Å²) in [7, 11) is 0. The highest BCUT2D eigenvalue weighted by Crippen LogP contribution is 2.27. The molecule has 1 aromatic carbocycles. The Morgan fingerprint density at radius 2 is 1.75 bits per heavy atom. The van der Waals surface area contributed by atoms with Crippen LogP contribution in [0.1, 0.15) is 12.5 Å². The first kappa shape index (κ1) is 11.0. The predicted molar refractivity (Wildman–Crippen MR) is 68.6 cm³/mol. The van der Waals surface area contributed by atoms with Crippen LogP contribution in [0.3, 0.4) is 0 Å². The molecule has 0 fully saturated rings. The minimum atomic E-state index is 0.561. The summed E-state index contributed by atoms with van der Waals surface area (Å²) in [6, 6.07) is 12.4. The zero-order chi connectivity index (χ0) is 11.4. The highest BCUT2D eigenvalue weighted by Gasteiger charge is 1.98. The van der Waals surface area contributed by atoms with Crippen LogP contribution in [0.2, 0.25) is 0 Å². The summed E-state index contributed by atoms with van der Waals surface area (Å²) < 4.78 is 0. The fourth-order valence-corrected chi connectivity index (χ4v) is 2.17. The zero-order valence-electron chi connectivity index (χ0n) is 9.18. The lowest BCUT2D eigenvalue weighted by Crippen LogP contribution is -1.87. The van der Waals surface area contributed by atoms with Gasteiger partial charge in [0.05, 0.1) is 0 Å². The van der Waals surface area contributed by atoms with Gasteiger partial charge >= 0.3 is 0 Å². The highest BCUT2D eigenvalue weighted by molar-refractivity contribution is 7.99. The fraction of sp³-hybridized carbons (Fsp3) is 0.154. The molecule has 0 amide bonds. The number of anilines is 1. The molecule has 0 aliphatic heterocycles. The average molecular weight is 230 g/mol. The van der Waals surface area contributed by atoms with Crippen molar-refractivity contribution in [1.29, 1.82) is 0 Å². The van der Waals surface area contributed by atoms with Crippen LogP contribution in [0.25, 0.3) is 0 Å². The van der Waals surface area contributed by atoms with Gasteiger partial charge in [0, 0.05) is 16.0 Å². The lowest BCUT2D eigenvalue weighted by Gasteiger charge is -2.02. The molecule has 0 spiro atoms. The second-order valence-corrected chi connectivity index (χ2v) is 4.67. The largest absolute Gasteiger partial charge is 0.384 e. The lowest BCUT2D eigenvalue weighted by atomic mass is 10.2. The summed E-state index contributed by atoms with van der Waals surface area (Å²) in [5, 5.41) is 0. The maximum atomic E-state index is 5.54. The number of hydrogen-bond donors (Lipinski definition) is 1. The molecule has 3 heteroatoms. The van der Waals surface area contributed by atoms with Gasteiger partial charge < -0.3 is 5.73 Å². The van der Waals surface area contributed by atoms with Gasteiger partial charge in [-0.3, -0.25) is 0 Å². The quantitative estimate of drug-likeness (QED) is 0.878. The van der Waals surface area contributed by atoms with Gasteiger partial charge in [-0.1, -0.05) is 30.8 Å². The summed E-state index contributed by atoms with van der Waals surface area (Å²) in [6.07, 6.45) is 2.88. The summed E-state index contributed by atoms with van der Waals surface area (Å²) in [5.74, 6) is 0.561. The van der Waals surface area contributed by atoms with E-state index in [1.54, 1.807) is 18.0 Å². The van der Waals surface area contributed by atoms with Crippen molar-refractivity contribution in [3.05, 3.63) is 48.2 Å². The summed E-state index contributed by atoms with van der Waals surface area (Å²) in [4.78, 5) is 6.40. The van der Waals surface area contributed by atoms with Crippen LogP contribution in [0.4, 0.5) is 5.82 Å². The van der Waals surface area contributed by atoms with E-state index in [4.69, 9.17) is 5.73 Å². The molecule has 2 N–H and O–H groups in total. The number of nitrogens with two attached hydrogens (primary N) is 1. The van der Waals surface area contributed by atoms with E-state index in [2.05, 4.69) is 36.2 Å². The first-order chi connectivity index (χ1) is 7.78. The predicted octanol–water partition coefficient (Wildman–Crippen LogP) is 3.38. The van der Waals surface area contributed by atoms with Crippen molar-refractivity contribution in [1.82, 2.24) is 4.98 Å². The number of rotatable bonds is 3. The Labute approximate surface area is 99.9 Å². The number of hydrogen-bond acceptors (Lipinski definition) is 3. The lowest BCUT2D eigenvalue weighted by molar-refractivity contribution is 1.13. The van der Waals surface area contributed by atoms with Crippen LogP contribution < -0.4 is 5.73 Å². The molecule has 0 bridgehead atoms. The van der Waals surface area contributed by atoms with Crippen molar-refractivity contribution in [2.24, 2.45) is 0 Å². The molecule has 82 valence electrons. The van der Waals surface area contributed by atoms with Crippen LogP contribution in [0.15, 0.2) is 52.4 Å². The fourth-order valence-electron chi connectivity index (χ4n) is 1.38. The molecule has 16 heavy (non-hydrogen) atoms. The minimum Gasteiger partial charge on any atom is -0.384 e. The second-order valence-electron chi connectivity index (χ2n) is 3.52. The zero-order valence-corrected chi connectivity index (χ0v) is 10.00. The van der Waals surface area contributed by atoms with Crippen molar-refractivity contribution >= 4 is 17.6 Å². The van der Waals surface area contributed by atoms with E-state index in [0.717, 1.165) is 11.3 Å². The standard InChI is InChI=1S/C13H14N2S/c1-2-10-3-5-11(6-4-10)16-12-7-8-13(14)15-9-12/h3-9H,2H2,1H3,(H2,14,15). The van der Waals surface area contributed by atoms with Gasteiger partial charge in [0.1, 0.15) is 5.82 Å². The molecular weight excluding hydrogens is 216 g/mol. The number of pyridine rings is 1. The first-order valence-corrected chi connectivity index (χ1v) is 6.08. The summed E-state index contributed by atoms with van der Waals surface area (Å²) in [5.41, 5.74) is 6.90. The van der Waals surface area contributed by atoms with Crippen LogP contribution >= 0.6 is 11.8 Å². The summed E-state index contributed by atoms with van der Waals surface area (Å²) >= 11 is 1.70. The van der Waals surface area contributed by atoms with Gasteiger partial charge in [-0.05, 0) is 36.2 Å². The smallest absolute Gasteiger partial charge is 0.123 e. The van der Waals surface area contributed by atoms with Gasteiger partial charge in [-0.25, -0.2) is 4.98 Å². The molecule has 0 unspecified atom stereocenters. The van der Waals surface area contributed by atoms with Crippen molar-refractivity contribution in [2.75, 3.05) is 5.73 Å². The molecule has 0 saturated heterocycles. The Hall–Kier alpha value is -1.48. The molecule has 1 aromatic heterocycles. The molecule has 1 heterocycles. The molecule has 2 aromatic rings. The van der Waals surface area contributed by atoms with Crippen molar-refractivity contribution in [3.8, 4) is 0 Å². The van der Waals surface area contributed by atoms with Crippen LogP contribution in [0.5, 0.6) is 0 Å². The van der Waals surface area contributed by atoms with Crippen molar-refractivity contribution in [3.63, 3.8) is 0 Å². The van der Waals surface area contributed by atoms with Gasteiger partial charge in [0.2, 0.25) is 0 Å². The molecule has 0 aliphatic rings. The minimum absolute atomic E-state index is 0.561. The molecule has 2 rings (SSSR count). The first-order valence-electron chi connectivity index (χ1n) is 5.26. The van der Waals surface area contributed by atoms with Gasteiger partial charge in [0.25, 0.3) is 0 Å². The van der Waals surface area contributed by atoms with Gasteiger partial charge in [0.15, 0.2) is 0 Å². The maximum absolute atomic E-state index is 5.54. The van der Waals surface area contributed by atoms with E-state index in [-0.39, 0.29) is 0 Å². The Morgan fingerprint density at radius 3 is 2.31 bits per heavy atom. The van der Waals surface area contributed by atoms with E-state index in [0.29, 0.717) is 5.82 Å². The Balaban J connectivity index is 2.11. The molecule has 2 nitrogen and oxygen atoms in total. The number of benzene rings is 1. The topological polar surface area (TPSA) is 38.9 Å². The van der Waals surface area contributed by atoms with Crippen LogP contribution in [-0.4, -0.2) is 4.98 Å². The summed E-state index contributed by atoms with van der Waals surface area (Å²) in [6.45, 7) is 2.16. The molecule has 0 aliphatic carbocycles. The van der Waals surface area contributed by atoms with E-state index in [1.165, 1.54) is 10.5 Å². The Bertz CT molecular complexity index is 448. The monoisotopic (exact) mass is 230 g/mol. The third-order valence-corrected chi connectivity index (χ3v) is 3.31. The maximum Gasteiger partial charge on any atom is 0.123 e. The van der Waals surface area contributed by atoms with Crippen molar-refractivity contribution in [2.45, 2.75) is 23.1 Å². The van der Waals surface area contributed by atoms with E-state index >= 15 is 0 Å². The van der Waals surface area contributed by atoms with E-state index in [9.17, 15) is 0 Å². The average Bonchev–Trinajstić information content (AvgIpc) is 2.33. The normalized spacial score (nSPS) is 10.3. The van der Waals surface area contributed by atoms with E-state index in [1.807, 2.05) is 12.1 Å². The second kappa shape index (κ2) is 5.03. The number of nitrogens with zero attached hydrogens (tertiary/aromatic N) is 1. The Morgan fingerprint density at radius 1 is 1.06 bits per heavy atom.